The summed E-state index contributed by atoms with van der Waals surface area (Å²) in [6.45, 7) is 5.46. The molecule has 0 spiro atoms. The molecule has 2 aromatic rings. The van der Waals surface area contributed by atoms with Gasteiger partial charge in [-0.15, -0.1) is 0 Å². The van der Waals surface area contributed by atoms with Gasteiger partial charge in [0.1, 0.15) is 6.04 Å². The summed E-state index contributed by atoms with van der Waals surface area (Å²) in [6.07, 6.45) is 0. The second kappa shape index (κ2) is 6.55. The van der Waals surface area contributed by atoms with E-state index in [4.69, 9.17) is 15.2 Å². The van der Waals surface area contributed by atoms with Gasteiger partial charge in [-0.2, -0.15) is 0 Å². The molecule has 0 aliphatic carbocycles. The molecular formula is C18H25N3O3. The lowest BCUT2D eigenvalue weighted by Gasteiger charge is -2.13. The molecule has 0 amide bonds. The normalized spacial score (nSPS) is 15.7. The summed E-state index contributed by atoms with van der Waals surface area (Å²) in [5.74, 6) is -0.409. The van der Waals surface area contributed by atoms with E-state index in [1.807, 2.05) is 14.0 Å². The fourth-order valence-electron chi connectivity index (χ4n) is 3.57. The number of aryl methyl sites for hydroxylation is 1. The van der Waals surface area contributed by atoms with Gasteiger partial charge in [0.2, 0.25) is 0 Å². The number of ether oxygens (including phenoxy) is 2. The van der Waals surface area contributed by atoms with E-state index >= 15 is 0 Å². The van der Waals surface area contributed by atoms with E-state index < -0.39 is 12.0 Å². The Morgan fingerprint density at radius 2 is 1.96 bits per heavy atom. The van der Waals surface area contributed by atoms with Gasteiger partial charge in [-0.1, -0.05) is 0 Å². The molecule has 2 N–H and O–H groups in total. The number of carbonyl (C=O) groups excluding carboxylic acids is 1. The van der Waals surface area contributed by atoms with Crippen LogP contribution in [0.25, 0.3) is 10.9 Å². The third-order valence-electron chi connectivity index (χ3n) is 5.03. The number of esters is 1. The first-order valence-electron chi connectivity index (χ1n) is 8.13. The number of hydrogen-bond acceptors (Lipinski definition) is 5. The van der Waals surface area contributed by atoms with Gasteiger partial charge >= 0.3 is 5.97 Å². The zero-order valence-corrected chi connectivity index (χ0v) is 14.8. The molecule has 24 heavy (non-hydrogen) atoms. The molecule has 0 radical (unpaired) electrons. The Hall–Kier alpha value is -1.89. The maximum atomic E-state index is 11.9. The lowest BCUT2D eigenvalue weighted by molar-refractivity contribution is -0.142. The van der Waals surface area contributed by atoms with Crippen LogP contribution in [0.2, 0.25) is 0 Å². The second-order valence-electron chi connectivity index (χ2n) is 6.40. The van der Waals surface area contributed by atoms with E-state index in [1.54, 1.807) is 7.11 Å². The van der Waals surface area contributed by atoms with Gasteiger partial charge in [-0.25, -0.2) is 0 Å². The Morgan fingerprint density at radius 1 is 1.29 bits per heavy atom. The van der Waals surface area contributed by atoms with E-state index in [1.165, 1.54) is 18.2 Å². The minimum atomic E-state index is -0.761. The van der Waals surface area contributed by atoms with Crippen molar-refractivity contribution in [3.05, 3.63) is 34.5 Å². The molecule has 1 aliphatic rings. The Bertz CT molecular complexity index is 782. The molecule has 0 saturated carbocycles. The van der Waals surface area contributed by atoms with Crippen LogP contribution in [0, 0.1) is 6.92 Å². The monoisotopic (exact) mass is 331 g/mol. The van der Waals surface area contributed by atoms with E-state index in [0.29, 0.717) is 0 Å². The Labute approximate surface area is 142 Å². The van der Waals surface area contributed by atoms with Gasteiger partial charge in [-0.3, -0.25) is 9.69 Å². The number of rotatable bonds is 5. The molecule has 1 aromatic carbocycles. The van der Waals surface area contributed by atoms with Gasteiger partial charge < -0.3 is 19.8 Å². The van der Waals surface area contributed by atoms with Crippen molar-refractivity contribution in [3.63, 3.8) is 0 Å². The van der Waals surface area contributed by atoms with E-state index in [0.717, 1.165) is 48.4 Å². The lowest BCUT2D eigenvalue weighted by Crippen LogP contribution is -2.23. The molecule has 6 nitrogen and oxygen atoms in total. The summed E-state index contributed by atoms with van der Waals surface area (Å²) in [5.41, 5.74) is 11.7. The van der Waals surface area contributed by atoms with Gasteiger partial charge in [0.15, 0.2) is 0 Å². The van der Waals surface area contributed by atoms with Crippen LogP contribution in [0.15, 0.2) is 12.1 Å². The summed E-state index contributed by atoms with van der Waals surface area (Å²) in [4.78, 5) is 14.3. The van der Waals surface area contributed by atoms with Crippen LogP contribution in [-0.4, -0.2) is 42.8 Å². The van der Waals surface area contributed by atoms with Crippen LogP contribution in [0.5, 0.6) is 0 Å². The number of fused-ring (bicyclic) bond motifs is 2. The van der Waals surface area contributed by atoms with Crippen molar-refractivity contribution < 1.29 is 14.3 Å². The van der Waals surface area contributed by atoms with Crippen molar-refractivity contribution in [1.29, 1.82) is 0 Å². The molecule has 1 unspecified atom stereocenters. The third kappa shape index (κ3) is 2.70. The highest BCUT2D eigenvalue weighted by atomic mass is 16.5. The minimum absolute atomic E-state index is 0.409. The maximum absolute atomic E-state index is 11.9. The summed E-state index contributed by atoms with van der Waals surface area (Å²) in [5, 5.41) is 1.04. The molecule has 6 heteroatoms. The number of nitrogens with zero attached hydrogens (tertiary/aromatic N) is 2. The van der Waals surface area contributed by atoms with Crippen molar-refractivity contribution >= 4 is 16.9 Å². The number of methoxy groups -OCH3 is 2. The van der Waals surface area contributed by atoms with Gasteiger partial charge in [0, 0.05) is 56.0 Å². The molecule has 1 aromatic heterocycles. The van der Waals surface area contributed by atoms with E-state index in [9.17, 15) is 4.79 Å². The topological polar surface area (TPSA) is 69.7 Å². The van der Waals surface area contributed by atoms with Crippen molar-refractivity contribution in [3.8, 4) is 0 Å². The number of nitrogens with two attached hydrogens (primary N) is 1. The largest absolute Gasteiger partial charge is 0.468 e. The van der Waals surface area contributed by atoms with Gasteiger partial charge in [0.05, 0.1) is 13.7 Å². The highest BCUT2D eigenvalue weighted by Gasteiger charge is 2.27. The molecular weight excluding hydrogens is 306 g/mol. The highest BCUT2D eigenvalue weighted by molar-refractivity contribution is 5.92. The fraction of sp³-hybridized carbons (Fsp3) is 0.500. The van der Waals surface area contributed by atoms with Crippen molar-refractivity contribution in [1.82, 2.24) is 9.47 Å². The van der Waals surface area contributed by atoms with Crippen molar-refractivity contribution in [2.24, 2.45) is 12.8 Å². The van der Waals surface area contributed by atoms with Crippen LogP contribution in [0.4, 0.5) is 0 Å². The van der Waals surface area contributed by atoms with Crippen LogP contribution < -0.4 is 5.73 Å². The lowest BCUT2D eigenvalue weighted by atomic mass is 10.0. The second-order valence-corrected chi connectivity index (χ2v) is 6.40. The molecule has 0 saturated heterocycles. The number of benzene rings is 1. The quantitative estimate of drug-likeness (QED) is 0.843. The average Bonchev–Trinajstić information content (AvgIpc) is 3.08. The van der Waals surface area contributed by atoms with E-state index in [2.05, 4.69) is 21.6 Å². The smallest absolute Gasteiger partial charge is 0.327 e. The van der Waals surface area contributed by atoms with Gasteiger partial charge in [-0.05, 0) is 30.2 Å². The Kier molecular flexibility index (Phi) is 4.62. The zero-order chi connectivity index (χ0) is 17.4. The first kappa shape index (κ1) is 17.0. The summed E-state index contributed by atoms with van der Waals surface area (Å²) in [6, 6.07) is 3.64. The third-order valence-corrected chi connectivity index (χ3v) is 5.03. The predicted molar refractivity (Wildman–Crippen MR) is 92.6 cm³/mol. The van der Waals surface area contributed by atoms with Gasteiger partial charge in [0.25, 0.3) is 0 Å². The molecule has 0 bridgehead atoms. The zero-order valence-electron chi connectivity index (χ0n) is 14.8. The van der Waals surface area contributed by atoms with Crippen LogP contribution in [0.3, 0.4) is 0 Å². The fourth-order valence-corrected chi connectivity index (χ4v) is 3.57. The molecule has 0 fully saturated rings. The number of aromatic nitrogens is 1. The molecule has 130 valence electrons. The number of carbonyl (C=O) groups is 1. The predicted octanol–water partition coefficient (Wildman–Crippen LogP) is 1.62. The van der Waals surface area contributed by atoms with Crippen LogP contribution >= 0.6 is 0 Å². The Morgan fingerprint density at radius 3 is 2.58 bits per heavy atom. The number of hydrogen-bond donors (Lipinski definition) is 1. The summed E-state index contributed by atoms with van der Waals surface area (Å²) < 4.78 is 12.1. The highest BCUT2D eigenvalue weighted by Crippen LogP contribution is 2.34. The molecule has 1 atom stereocenters. The van der Waals surface area contributed by atoms with Crippen molar-refractivity contribution in [2.75, 3.05) is 27.4 Å². The summed E-state index contributed by atoms with van der Waals surface area (Å²) >= 11 is 0. The van der Waals surface area contributed by atoms with Crippen LogP contribution in [-0.2, 0) is 34.4 Å². The standard InChI is InChI=1S/C18H25N3O3/c1-11-16(17(19)18(22)24-4)14-7-12-9-21(5-6-23-3)10-13(12)8-15(14)20(11)2/h7-8,17H,5-6,9-10,19H2,1-4H3. The SMILES string of the molecule is COCCN1Cc2cc3c(C(N)C(=O)OC)c(C)n(C)c3cc2C1. The molecule has 2 heterocycles. The molecule has 1 aliphatic heterocycles. The summed E-state index contributed by atoms with van der Waals surface area (Å²) in [7, 11) is 5.10. The first-order chi connectivity index (χ1) is 11.5. The first-order valence-corrected chi connectivity index (χ1v) is 8.13. The maximum Gasteiger partial charge on any atom is 0.327 e. The minimum Gasteiger partial charge on any atom is -0.468 e. The van der Waals surface area contributed by atoms with E-state index in [-0.39, 0.29) is 0 Å². The Balaban J connectivity index is 2.04. The average molecular weight is 331 g/mol. The van der Waals surface area contributed by atoms with Crippen LogP contribution in [0.1, 0.15) is 28.4 Å². The van der Waals surface area contributed by atoms with Crippen molar-refractivity contribution in [2.45, 2.75) is 26.1 Å². The molecule has 3 rings (SSSR count).